The van der Waals surface area contributed by atoms with Crippen LogP contribution in [0.3, 0.4) is 0 Å². The van der Waals surface area contributed by atoms with E-state index in [1.54, 1.807) is 42.5 Å². The van der Waals surface area contributed by atoms with Gasteiger partial charge in [-0.1, -0.05) is 90.4 Å². The fourth-order valence-corrected chi connectivity index (χ4v) is 6.33. The molecular formula is C33H28FN3O5S2. The Morgan fingerprint density at radius 2 is 1.86 bits per heavy atom. The van der Waals surface area contributed by atoms with E-state index >= 15 is 0 Å². The van der Waals surface area contributed by atoms with Crippen molar-refractivity contribution >= 4 is 46.0 Å². The molecule has 1 unspecified atom stereocenters. The lowest BCUT2D eigenvalue weighted by molar-refractivity contribution is -0.117. The number of carbonyl (C=O) groups excluding carboxylic acids is 2. The predicted molar refractivity (Wildman–Crippen MR) is 170 cm³/mol. The molecule has 0 bridgehead atoms. The zero-order valence-electron chi connectivity index (χ0n) is 23.7. The van der Waals surface area contributed by atoms with Crippen molar-refractivity contribution in [3.8, 4) is 11.5 Å². The molecule has 1 N–H and O–H groups in total. The van der Waals surface area contributed by atoms with Crippen LogP contribution in [-0.2, 0) is 15.3 Å². The number of carbonyl (C=O) groups is 2. The topological polar surface area (TPSA) is 102 Å². The Hall–Kier alpha value is -4.74. The molecule has 1 aliphatic rings. The minimum Gasteiger partial charge on any atom is -0.503 e. The molecule has 1 atom stereocenters. The summed E-state index contributed by atoms with van der Waals surface area (Å²) >= 11 is 2.52. The average molecular weight is 630 g/mol. The number of rotatable bonds is 13. The monoisotopic (exact) mass is 629 g/mol. The average Bonchev–Trinajstić information content (AvgIpc) is 3.61. The summed E-state index contributed by atoms with van der Waals surface area (Å²) in [6, 6.07) is 19.4. The van der Waals surface area contributed by atoms with Crippen LogP contribution in [-0.4, -0.2) is 40.2 Å². The summed E-state index contributed by atoms with van der Waals surface area (Å²) in [4.78, 5) is 28.5. The van der Waals surface area contributed by atoms with Crippen LogP contribution in [0.25, 0.3) is 6.08 Å². The Labute approximate surface area is 262 Å². The second-order valence-electron chi connectivity index (χ2n) is 9.45. The van der Waals surface area contributed by atoms with Crippen LogP contribution in [0.4, 0.5) is 9.52 Å². The van der Waals surface area contributed by atoms with Crippen molar-refractivity contribution in [2.75, 3.05) is 18.1 Å². The first-order chi connectivity index (χ1) is 21.4. The van der Waals surface area contributed by atoms with Gasteiger partial charge in [-0.15, -0.1) is 10.2 Å². The lowest BCUT2D eigenvalue weighted by Gasteiger charge is -2.24. The van der Waals surface area contributed by atoms with E-state index in [0.717, 1.165) is 22.5 Å². The Balaban J connectivity index is 1.51. The van der Waals surface area contributed by atoms with Crippen LogP contribution in [0, 0.1) is 5.82 Å². The highest BCUT2D eigenvalue weighted by Crippen LogP contribution is 2.45. The standard InChI is InChI=1S/C33H28FN3O5S2/c1-3-18-42-26-17-13-23(19-27(26)41-4-2)29-28(25(38)16-12-21-8-6-5-7-9-21)30(39)31(40)37(29)32-35-36-33(44-32)43-20-22-10-14-24(34)15-11-22/h3,5-17,19,29,39H,1,4,18,20H2,2H3. The first kappa shape index (κ1) is 30.7. The highest BCUT2D eigenvalue weighted by Gasteiger charge is 2.45. The van der Waals surface area contributed by atoms with Gasteiger partial charge in [0.2, 0.25) is 5.13 Å². The molecule has 3 aromatic carbocycles. The number of benzene rings is 3. The van der Waals surface area contributed by atoms with Crippen LogP contribution in [0.5, 0.6) is 11.5 Å². The van der Waals surface area contributed by atoms with Gasteiger partial charge in [0.1, 0.15) is 12.4 Å². The zero-order chi connectivity index (χ0) is 31.1. The maximum Gasteiger partial charge on any atom is 0.296 e. The minimum absolute atomic E-state index is 0.0971. The number of ketones is 1. The van der Waals surface area contributed by atoms with Gasteiger partial charge in [-0.3, -0.25) is 14.5 Å². The number of ether oxygens (including phenoxy) is 2. The number of halogens is 1. The molecule has 0 fully saturated rings. The van der Waals surface area contributed by atoms with E-state index in [1.165, 1.54) is 34.9 Å². The number of aliphatic hydroxyl groups is 1. The Morgan fingerprint density at radius 3 is 2.59 bits per heavy atom. The molecule has 0 radical (unpaired) electrons. The van der Waals surface area contributed by atoms with Crippen LogP contribution in [0.2, 0.25) is 0 Å². The van der Waals surface area contributed by atoms with E-state index in [1.807, 2.05) is 37.3 Å². The number of aliphatic hydroxyl groups excluding tert-OH is 1. The van der Waals surface area contributed by atoms with Crippen molar-refractivity contribution in [3.63, 3.8) is 0 Å². The van der Waals surface area contributed by atoms with Crippen molar-refractivity contribution in [3.05, 3.63) is 125 Å². The van der Waals surface area contributed by atoms with Gasteiger partial charge < -0.3 is 14.6 Å². The summed E-state index contributed by atoms with van der Waals surface area (Å²) in [7, 11) is 0. The first-order valence-electron chi connectivity index (χ1n) is 13.6. The Morgan fingerprint density at radius 1 is 1.09 bits per heavy atom. The van der Waals surface area contributed by atoms with Gasteiger partial charge in [0, 0.05) is 5.75 Å². The van der Waals surface area contributed by atoms with Crippen molar-refractivity contribution < 1.29 is 28.6 Å². The van der Waals surface area contributed by atoms with Crippen molar-refractivity contribution in [1.29, 1.82) is 0 Å². The summed E-state index contributed by atoms with van der Waals surface area (Å²) < 4.78 is 25.4. The number of aromatic nitrogens is 2. The number of nitrogens with zero attached hydrogens (tertiary/aromatic N) is 3. The molecule has 0 spiro atoms. The van der Waals surface area contributed by atoms with Gasteiger partial charge in [-0.2, -0.15) is 0 Å². The maximum absolute atomic E-state index is 13.6. The molecule has 8 nitrogen and oxygen atoms in total. The fourth-order valence-electron chi connectivity index (χ4n) is 4.51. The molecule has 0 saturated heterocycles. The van der Waals surface area contributed by atoms with Crippen molar-refractivity contribution in [1.82, 2.24) is 10.2 Å². The number of hydrogen-bond donors (Lipinski definition) is 1. The van der Waals surface area contributed by atoms with E-state index in [0.29, 0.717) is 33.8 Å². The van der Waals surface area contributed by atoms with Gasteiger partial charge in [0.05, 0.1) is 18.2 Å². The molecule has 11 heteroatoms. The Kier molecular flexibility index (Phi) is 9.88. The van der Waals surface area contributed by atoms with Gasteiger partial charge in [-0.05, 0) is 54.0 Å². The van der Waals surface area contributed by atoms with Gasteiger partial charge in [0.25, 0.3) is 5.91 Å². The summed E-state index contributed by atoms with van der Waals surface area (Å²) in [5.74, 6) is -0.918. The van der Waals surface area contributed by atoms with Crippen LogP contribution >= 0.6 is 23.1 Å². The normalized spacial score (nSPS) is 14.8. The molecule has 44 heavy (non-hydrogen) atoms. The smallest absolute Gasteiger partial charge is 0.296 e. The molecule has 1 aliphatic heterocycles. The lowest BCUT2D eigenvalue weighted by atomic mass is 9.95. The summed E-state index contributed by atoms with van der Waals surface area (Å²) in [5, 5.41) is 19.8. The molecule has 1 aromatic heterocycles. The van der Waals surface area contributed by atoms with Gasteiger partial charge in [0.15, 0.2) is 27.4 Å². The van der Waals surface area contributed by atoms with E-state index < -0.39 is 23.5 Å². The summed E-state index contributed by atoms with van der Waals surface area (Å²) in [6.45, 7) is 6.11. The van der Waals surface area contributed by atoms with E-state index in [-0.39, 0.29) is 23.1 Å². The van der Waals surface area contributed by atoms with Crippen LogP contribution in [0.15, 0.2) is 107 Å². The van der Waals surface area contributed by atoms with Crippen LogP contribution in [0.1, 0.15) is 29.7 Å². The molecule has 4 aromatic rings. The number of amides is 1. The SMILES string of the molecule is C=CCOc1ccc(C2C(C(=O)C=Cc3ccccc3)=C(O)C(=O)N2c2nnc(SCc3ccc(F)cc3)s2)cc1OCC. The number of anilines is 1. The third-order valence-electron chi connectivity index (χ3n) is 6.52. The van der Waals surface area contributed by atoms with Crippen molar-refractivity contribution in [2.45, 2.75) is 23.1 Å². The third kappa shape index (κ3) is 6.90. The Bertz CT molecular complexity index is 1720. The molecular weight excluding hydrogens is 602 g/mol. The predicted octanol–water partition coefficient (Wildman–Crippen LogP) is 7.12. The molecule has 224 valence electrons. The second kappa shape index (κ2) is 14.2. The third-order valence-corrected chi connectivity index (χ3v) is 8.64. The maximum atomic E-state index is 13.6. The van der Waals surface area contributed by atoms with Crippen molar-refractivity contribution in [2.24, 2.45) is 0 Å². The van der Waals surface area contributed by atoms with Gasteiger partial charge >= 0.3 is 0 Å². The molecule has 0 saturated carbocycles. The molecule has 1 amide bonds. The highest BCUT2D eigenvalue weighted by atomic mass is 32.2. The second-order valence-corrected chi connectivity index (χ2v) is 11.6. The zero-order valence-corrected chi connectivity index (χ0v) is 25.3. The summed E-state index contributed by atoms with van der Waals surface area (Å²) in [6.07, 6.45) is 4.57. The number of hydrogen-bond acceptors (Lipinski definition) is 9. The quantitative estimate of drug-likeness (QED) is 0.0723. The highest BCUT2D eigenvalue weighted by molar-refractivity contribution is 8.00. The number of allylic oxidation sites excluding steroid dienone is 1. The van der Waals surface area contributed by atoms with E-state index in [9.17, 15) is 19.1 Å². The molecule has 0 aliphatic carbocycles. The van der Waals surface area contributed by atoms with E-state index in [2.05, 4.69) is 16.8 Å². The largest absolute Gasteiger partial charge is 0.503 e. The molecule has 2 heterocycles. The number of thioether (sulfide) groups is 1. The van der Waals surface area contributed by atoms with Gasteiger partial charge in [-0.25, -0.2) is 4.39 Å². The summed E-state index contributed by atoms with van der Waals surface area (Å²) in [5.41, 5.74) is 2.08. The van der Waals surface area contributed by atoms with E-state index in [4.69, 9.17) is 9.47 Å². The van der Waals surface area contributed by atoms with Crippen LogP contribution < -0.4 is 14.4 Å². The lowest BCUT2D eigenvalue weighted by Crippen LogP contribution is -2.31. The first-order valence-corrected chi connectivity index (χ1v) is 15.4. The fraction of sp³-hybridized carbons (Fsp3) is 0.152. The minimum atomic E-state index is -1.02. The molecule has 5 rings (SSSR count).